The van der Waals surface area contributed by atoms with Gasteiger partial charge in [-0.2, -0.15) is 0 Å². The Morgan fingerprint density at radius 2 is 1.85 bits per heavy atom. The summed E-state index contributed by atoms with van der Waals surface area (Å²) < 4.78 is 5.17. The molecule has 0 atom stereocenters. The summed E-state index contributed by atoms with van der Waals surface area (Å²) in [7, 11) is 1.67. The molecule has 0 spiro atoms. The molecule has 20 heavy (non-hydrogen) atoms. The van der Waals surface area contributed by atoms with Crippen LogP contribution in [-0.2, 0) is 0 Å². The topological polar surface area (TPSA) is 50.3 Å². The molecule has 0 aliphatic carbocycles. The standard InChI is InChI=1S/C15H18N4O/c1-20-13-4-2-12(3-5-13)14-10-17-11-15(18-14)19-8-6-16-7-9-19/h2-5,10-11,16H,6-9H2,1H3. The second kappa shape index (κ2) is 5.88. The smallest absolute Gasteiger partial charge is 0.147 e. The average molecular weight is 270 g/mol. The molecule has 2 aromatic rings. The van der Waals surface area contributed by atoms with Gasteiger partial charge in [0, 0.05) is 31.7 Å². The van der Waals surface area contributed by atoms with Gasteiger partial charge in [-0.05, 0) is 24.3 Å². The molecule has 0 saturated carbocycles. The Morgan fingerprint density at radius 3 is 2.55 bits per heavy atom. The number of piperazine rings is 1. The lowest BCUT2D eigenvalue weighted by Gasteiger charge is -2.28. The maximum atomic E-state index is 5.17. The Bertz CT molecular complexity index is 564. The first-order chi connectivity index (χ1) is 9.86. The molecule has 5 nitrogen and oxygen atoms in total. The van der Waals surface area contributed by atoms with Crippen molar-refractivity contribution in [2.75, 3.05) is 38.2 Å². The molecule has 1 aromatic carbocycles. The van der Waals surface area contributed by atoms with Crippen LogP contribution in [0.2, 0.25) is 0 Å². The van der Waals surface area contributed by atoms with Crippen LogP contribution in [0.15, 0.2) is 36.7 Å². The van der Waals surface area contributed by atoms with E-state index in [4.69, 9.17) is 9.72 Å². The van der Waals surface area contributed by atoms with E-state index in [0.717, 1.165) is 49.0 Å². The van der Waals surface area contributed by atoms with Crippen LogP contribution in [0.1, 0.15) is 0 Å². The summed E-state index contributed by atoms with van der Waals surface area (Å²) in [6.07, 6.45) is 3.63. The van der Waals surface area contributed by atoms with Crippen LogP contribution in [0.3, 0.4) is 0 Å². The minimum absolute atomic E-state index is 0.847. The molecule has 1 aliphatic rings. The largest absolute Gasteiger partial charge is 0.497 e. The molecular formula is C15H18N4O. The fourth-order valence-corrected chi connectivity index (χ4v) is 2.30. The molecule has 5 heteroatoms. The summed E-state index contributed by atoms with van der Waals surface area (Å²) in [5.74, 6) is 1.79. The summed E-state index contributed by atoms with van der Waals surface area (Å²) in [6, 6.07) is 7.89. The monoisotopic (exact) mass is 270 g/mol. The first-order valence-electron chi connectivity index (χ1n) is 6.79. The average Bonchev–Trinajstić information content (AvgIpc) is 2.56. The van der Waals surface area contributed by atoms with Crippen LogP contribution in [-0.4, -0.2) is 43.3 Å². The molecule has 0 amide bonds. The number of aromatic nitrogens is 2. The number of rotatable bonds is 3. The Labute approximate surface area is 118 Å². The highest BCUT2D eigenvalue weighted by atomic mass is 16.5. The Kier molecular flexibility index (Phi) is 3.78. The summed E-state index contributed by atoms with van der Waals surface area (Å²) in [4.78, 5) is 11.3. The van der Waals surface area contributed by atoms with E-state index in [1.165, 1.54) is 0 Å². The van der Waals surface area contributed by atoms with Crippen molar-refractivity contribution in [3.63, 3.8) is 0 Å². The lowest BCUT2D eigenvalue weighted by molar-refractivity contribution is 0.415. The van der Waals surface area contributed by atoms with Crippen molar-refractivity contribution in [3.05, 3.63) is 36.7 Å². The highest BCUT2D eigenvalue weighted by molar-refractivity contribution is 5.61. The number of nitrogens with zero attached hydrogens (tertiary/aromatic N) is 3. The second-order valence-electron chi connectivity index (χ2n) is 4.73. The van der Waals surface area contributed by atoms with Gasteiger partial charge in [-0.25, -0.2) is 4.98 Å². The molecule has 3 rings (SSSR count). The zero-order chi connectivity index (χ0) is 13.8. The molecule has 0 bridgehead atoms. The minimum atomic E-state index is 0.847. The van der Waals surface area contributed by atoms with E-state index in [0.29, 0.717) is 0 Å². The van der Waals surface area contributed by atoms with Gasteiger partial charge in [0.1, 0.15) is 11.6 Å². The molecule has 0 unspecified atom stereocenters. The van der Waals surface area contributed by atoms with Crippen LogP contribution in [0, 0.1) is 0 Å². The maximum Gasteiger partial charge on any atom is 0.147 e. The van der Waals surface area contributed by atoms with E-state index in [-0.39, 0.29) is 0 Å². The van der Waals surface area contributed by atoms with E-state index >= 15 is 0 Å². The normalized spacial score (nSPS) is 15.2. The fourth-order valence-electron chi connectivity index (χ4n) is 2.30. The Balaban J connectivity index is 1.85. The molecule has 1 N–H and O–H groups in total. The second-order valence-corrected chi connectivity index (χ2v) is 4.73. The number of nitrogens with one attached hydrogen (secondary N) is 1. The van der Waals surface area contributed by atoms with E-state index in [9.17, 15) is 0 Å². The van der Waals surface area contributed by atoms with Gasteiger partial charge < -0.3 is 15.0 Å². The molecule has 1 aliphatic heterocycles. The number of hydrogen-bond acceptors (Lipinski definition) is 5. The van der Waals surface area contributed by atoms with E-state index < -0.39 is 0 Å². The third-order valence-electron chi connectivity index (χ3n) is 3.45. The quantitative estimate of drug-likeness (QED) is 0.917. The molecule has 0 radical (unpaired) electrons. The van der Waals surface area contributed by atoms with Gasteiger partial charge in [0.05, 0.1) is 25.2 Å². The van der Waals surface area contributed by atoms with Crippen molar-refractivity contribution < 1.29 is 4.74 Å². The van der Waals surface area contributed by atoms with E-state index in [1.807, 2.05) is 30.5 Å². The predicted octanol–water partition coefficient (Wildman–Crippen LogP) is 1.56. The van der Waals surface area contributed by atoms with Crippen molar-refractivity contribution in [1.29, 1.82) is 0 Å². The van der Waals surface area contributed by atoms with Gasteiger partial charge in [-0.1, -0.05) is 0 Å². The number of methoxy groups -OCH3 is 1. The Hall–Kier alpha value is -2.14. The van der Waals surface area contributed by atoms with Gasteiger partial charge in [0.25, 0.3) is 0 Å². The number of hydrogen-bond donors (Lipinski definition) is 1. The lowest BCUT2D eigenvalue weighted by atomic mass is 10.1. The van der Waals surface area contributed by atoms with Gasteiger partial charge in [-0.3, -0.25) is 4.98 Å². The first-order valence-corrected chi connectivity index (χ1v) is 6.79. The summed E-state index contributed by atoms with van der Waals surface area (Å²) in [6.45, 7) is 3.93. The molecular weight excluding hydrogens is 252 g/mol. The van der Waals surface area contributed by atoms with Gasteiger partial charge >= 0.3 is 0 Å². The predicted molar refractivity (Wildman–Crippen MR) is 79.1 cm³/mol. The van der Waals surface area contributed by atoms with Crippen molar-refractivity contribution in [2.24, 2.45) is 0 Å². The van der Waals surface area contributed by atoms with Crippen molar-refractivity contribution in [3.8, 4) is 17.0 Å². The summed E-state index contributed by atoms with van der Waals surface area (Å²) in [5, 5.41) is 3.34. The summed E-state index contributed by atoms with van der Waals surface area (Å²) >= 11 is 0. The minimum Gasteiger partial charge on any atom is -0.497 e. The van der Waals surface area contributed by atoms with Crippen LogP contribution in [0.4, 0.5) is 5.82 Å². The molecule has 1 fully saturated rings. The SMILES string of the molecule is COc1ccc(-c2cncc(N3CCNCC3)n2)cc1. The highest BCUT2D eigenvalue weighted by Crippen LogP contribution is 2.22. The third kappa shape index (κ3) is 2.72. The third-order valence-corrected chi connectivity index (χ3v) is 3.45. The molecule has 2 heterocycles. The van der Waals surface area contributed by atoms with E-state index in [1.54, 1.807) is 13.3 Å². The zero-order valence-electron chi connectivity index (χ0n) is 11.5. The van der Waals surface area contributed by atoms with Gasteiger partial charge in [0.15, 0.2) is 0 Å². The van der Waals surface area contributed by atoms with E-state index in [2.05, 4.69) is 15.2 Å². The fraction of sp³-hybridized carbons (Fsp3) is 0.333. The number of anilines is 1. The number of benzene rings is 1. The summed E-state index contributed by atoms with van der Waals surface area (Å²) in [5.41, 5.74) is 1.94. The highest BCUT2D eigenvalue weighted by Gasteiger charge is 2.12. The van der Waals surface area contributed by atoms with Crippen LogP contribution in [0.25, 0.3) is 11.3 Å². The van der Waals surface area contributed by atoms with Crippen molar-refractivity contribution >= 4 is 5.82 Å². The lowest BCUT2D eigenvalue weighted by Crippen LogP contribution is -2.43. The molecule has 1 aromatic heterocycles. The van der Waals surface area contributed by atoms with Crippen LogP contribution < -0.4 is 15.0 Å². The maximum absolute atomic E-state index is 5.17. The first kappa shape index (κ1) is 12.9. The zero-order valence-corrected chi connectivity index (χ0v) is 11.5. The Morgan fingerprint density at radius 1 is 1.10 bits per heavy atom. The van der Waals surface area contributed by atoms with Crippen LogP contribution >= 0.6 is 0 Å². The van der Waals surface area contributed by atoms with Gasteiger partial charge in [0.2, 0.25) is 0 Å². The molecule has 104 valence electrons. The van der Waals surface area contributed by atoms with Crippen LogP contribution in [0.5, 0.6) is 5.75 Å². The number of ether oxygens (including phenoxy) is 1. The van der Waals surface area contributed by atoms with Crippen molar-refractivity contribution in [1.82, 2.24) is 15.3 Å². The molecule has 1 saturated heterocycles. The van der Waals surface area contributed by atoms with Crippen molar-refractivity contribution in [2.45, 2.75) is 0 Å². The van der Waals surface area contributed by atoms with Gasteiger partial charge in [-0.15, -0.1) is 0 Å².